The molecule has 0 saturated carbocycles. The molecule has 0 aliphatic rings. The smallest absolute Gasteiger partial charge is 0.277 e. The Labute approximate surface area is 160 Å². The van der Waals surface area contributed by atoms with Crippen LogP contribution >= 0.6 is 0 Å². The Bertz CT molecular complexity index is 757. The number of rotatable bonds is 10. The molecule has 0 spiro atoms. The van der Waals surface area contributed by atoms with Crippen LogP contribution in [0.15, 0.2) is 47.6 Å². The zero-order valence-electron chi connectivity index (χ0n) is 16.0. The molecule has 2 aromatic carbocycles. The highest BCUT2D eigenvalue weighted by Crippen LogP contribution is 2.27. The molecule has 6 nitrogen and oxygen atoms in total. The molecule has 2 aromatic rings. The molecule has 0 bridgehead atoms. The second kappa shape index (κ2) is 10.9. The van der Waals surface area contributed by atoms with Crippen molar-refractivity contribution in [3.8, 4) is 17.2 Å². The van der Waals surface area contributed by atoms with E-state index in [1.165, 1.54) is 5.56 Å². The molecule has 6 heteroatoms. The van der Waals surface area contributed by atoms with Crippen molar-refractivity contribution in [3.63, 3.8) is 0 Å². The molecule has 0 heterocycles. The van der Waals surface area contributed by atoms with Gasteiger partial charge in [0.2, 0.25) is 0 Å². The predicted molar refractivity (Wildman–Crippen MR) is 106 cm³/mol. The van der Waals surface area contributed by atoms with Gasteiger partial charge in [0.1, 0.15) is 5.75 Å². The summed E-state index contributed by atoms with van der Waals surface area (Å²) in [6.45, 7) is 4.65. The summed E-state index contributed by atoms with van der Waals surface area (Å²) >= 11 is 0. The van der Waals surface area contributed by atoms with Gasteiger partial charge in [0.15, 0.2) is 18.1 Å². The highest BCUT2D eigenvalue weighted by molar-refractivity contribution is 5.83. The van der Waals surface area contributed by atoms with E-state index in [2.05, 4.69) is 17.5 Å². The molecule has 2 rings (SSSR count). The minimum atomic E-state index is -0.333. The van der Waals surface area contributed by atoms with E-state index < -0.39 is 0 Å². The van der Waals surface area contributed by atoms with Gasteiger partial charge < -0.3 is 14.2 Å². The summed E-state index contributed by atoms with van der Waals surface area (Å²) in [4.78, 5) is 11.8. The zero-order valence-corrected chi connectivity index (χ0v) is 16.0. The zero-order chi connectivity index (χ0) is 19.5. The summed E-state index contributed by atoms with van der Waals surface area (Å²) in [5.41, 5.74) is 4.45. The average molecular weight is 370 g/mol. The minimum absolute atomic E-state index is 0.101. The molecule has 0 aliphatic carbocycles. The third-order valence-electron chi connectivity index (χ3n) is 3.75. The minimum Gasteiger partial charge on any atom is -0.493 e. The molecular weight excluding hydrogens is 344 g/mol. The van der Waals surface area contributed by atoms with Crippen LogP contribution in [0, 0.1) is 0 Å². The van der Waals surface area contributed by atoms with E-state index in [1.54, 1.807) is 19.4 Å². The summed E-state index contributed by atoms with van der Waals surface area (Å²) in [6.07, 6.45) is 3.43. The van der Waals surface area contributed by atoms with Gasteiger partial charge >= 0.3 is 0 Å². The van der Waals surface area contributed by atoms with Gasteiger partial charge in [-0.05, 0) is 54.3 Å². The van der Waals surface area contributed by atoms with E-state index in [0.717, 1.165) is 18.4 Å². The lowest BCUT2D eigenvalue weighted by Crippen LogP contribution is -2.24. The van der Waals surface area contributed by atoms with Crippen LogP contribution in [-0.4, -0.2) is 32.4 Å². The second-order valence-electron chi connectivity index (χ2n) is 5.84. The van der Waals surface area contributed by atoms with Crippen molar-refractivity contribution in [2.24, 2.45) is 5.10 Å². The summed E-state index contributed by atoms with van der Waals surface area (Å²) in [7, 11) is 1.58. The number of benzene rings is 2. The largest absolute Gasteiger partial charge is 0.493 e. The van der Waals surface area contributed by atoms with E-state index >= 15 is 0 Å². The normalized spacial score (nSPS) is 10.6. The topological polar surface area (TPSA) is 69.2 Å². The van der Waals surface area contributed by atoms with Gasteiger partial charge in [-0.2, -0.15) is 5.10 Å². The van der Waals surface area contributed by atoms with Crippen molar-refractivity contribution < 1.29 is 19.0 Å². The maximum absolute atomic E-state index is 11.8. The number of methoxy groups -OCH3 is 1. The molecule has 0 fully saturated rings. The first-order valence-electron chi connectivity index (χ1n) is 9.00. The fraction of sp³-hybridized carbons (Fsp3) is 0.333. The number of nitrogens with one attached hydrogen (secondary N) is 1. The summed E-state index contributed by atoms with van der Waals surface area (Å²) in [5.74, 6) is 1.63. The van der Waals surface area contributed by atoms with Crippen LogP contribution in [-0.2, 0) is 11.2 Å². The van der Waals surface area contributed by atoms with Crippen LogP contribution in [0.3, 0.4) is 0 Å². The molecule has 0 atom stereocenters. The SMILES string of the molecule is CCCOc1ccc(/C=N/NC(=O)COc2ccc(CC)cc2)cc1OC. The molecule has 0 aliphatic heterocycles. The number of carbonyl (C=O) groups excluding carboxylic acids is 1. The number of nitrogens with zero attached hydrogens (tertiary/aromatic N) is 1. The summed E-state index contributed by atoms with van der Waals surface area (Å²) in [5, 5.41) is 3.95. The van der Waals surface area contributed by atoms with Crippen LogP contribution in [0.1, 0.15) is 31.4 Å². The highest BCUT2D eigenvalue weighted by Gasteiger charge is 2.05. The Hall–Kier alpha value is -3.02. The highest BCUT2D eigenvalue weighted by atomic mass is 16.5. The third-order valence-corrected chi connectivity index (χ3v) is 3.75. The van der Waals surface area contributed by atoms with E-state index in [0.29, 0.717) is 23.9 Å². The number of hydrazone groups is 1. The fourth-order valence-corrected chi connectivity index (χ4v) is 2.28. The van der Waals surface area contributed by atoms with Gasteiger partial charge in [-0.15, -0.1) is 0 Å². The Kier molecular flexibility index (Phi) is 8.16. The van der Waals surface area contributed by atoms with Gasteiger partial charge in [0.05, 0.1) is 19.9 Å². The van der Waals surface area contributed by atoms with Crippen molar-refractivity contribution >= 4 is 12.1 Å². The quantitative estimate of drug-likeness (QED) is 0.513. The standard InChI is InChI=1S/C21H26N2O4/c1-4-12-26-19-11-8-17(13-20(19)25-3)14-22-23-21(24)15-27-18-9-6-16(5-2)7-10-18/h6-11,13-14H,4-5,12,15H2,1-3H3,(H,23,24)/b22-14+. The third kappa shape index (κ3) is 6.66. The summed E-state index contributed by atoms with van der Waals surface area (Å²) < 4.78 is 16.4. The molecule has 1 amide bonds. The number of hydrogen-bond acceptors (Lipinski definition) is 5. The molecule has 0 aromatic heterocycles. The van der Waals surface area contributed by atoms with Gasteiger partial charge in [-0.25, -0.2) is 5.43 Å². The van der Waals surface area contributed by atoms with Crippen LogP contribution in [0.2, 0.25) is 0 Å². The Balaban J connectivity index is 1.83. The van der Waals surface area contributed by atoms with Crippen molar-refractivity contribution in [2.75, 3.05) is 20.3 Å². The van der Waals surface area contributed by atoms with E-state index in [9.17, 15) is 4.79 Å². The average Bonchev–Trinajstić information content (AvgIpc) is 2.71. The molecule has 0 radical (unpaired) electrons. The van der Waals surface area contributed by atoms with Crippen LogP contribution in [0.5, 0.6) is 17.2 Å². The molecular formula is C21H26N2O4. The monoisotopic (exact) mass is 370 g/mol. The predicted octanol–water partition coefficient (Wildman–Crippen LogP) is 3.58. The Morgan fingerprint density at radius 2 is 1.85 bits per heavy atom. The second-order valence-corrected chi connectivity index (χ2v) is 5.84. The van der Waals surface area contributed by atoms with Crippen LogP contribution < -0.4 is 19.6 Å². The van der Waals surface area contributed by atoms with Gasteiger partial charge in [0.25, 0.3) is 5.91 Å². The Morgan fingerprint density at radius 1 is 1.07 bits per heavy atom. The first-order chi connectivity index (χ1) is 13.2. The van der Waals surface area contributed by atoms with Crippen LogP contribution in [0.4, 0.5) is 0 Å². The first-order valence-corrected chi connectivity index (χ1v) is 9.00. The van der Waals surface area contributed by atoms with Crippen molar-refractivity contribution in [2.45, 2.75) is 26.7 Å². The van der Waals surface area contributed by atoms with Gasteiger partial charge in [-0.3, -0.25) is 4.79 Å². The number of aryl methyl sites for hydroxylation is 1. The molecule has 0 unspecified atom stereocenters. The summed E-state index contributed by atoms with van der Waals surface area (Å²) in [6, 6.07) is 13.1. The maximum Gasteiger partial charge on any atom is 0.277 e. The molecule has 144 valence electrons. The lowest BCUT2D eigenvalue weighted by molar-refractivity contribution is -0.123. The van der Waals surface area contributed by atoms with Crippen molar-refractivity contribution in [1.82, 2.24) is 5.43 Å². The number of ether oxygens (including phenoxy) is 3. The first kappa shape index (κ1) is 20.3. The number of hydrogen-bond donors (Lipinski definition) is 1. The molecule has 27 heavy (non-hydrogen) atoms. The van der Waals surface area contributed by atoms with Gasteiger partial charge in [-0.1, -0.05) is 26.0 Å². The number of carbonyl (C=O) groups is 1. The Morgan fingerprint density at radius 3 is 2.52 bits per heavy atom. The lowest BCUT2D eigenvalue weighted by Gasteiger charge is -2.10. The molecule has 1 N–H and O–H groups in total. The fourth-order valence-electron chi connectivity index (χ4n) is 2.28. The lowest BCUT2D eigenvalue weighted by atomic mass is 10.2. The van der Waals surface area contributed by atoms with E-state index in [4.69, 9.17) is 14.2 Å². The van der Waals surface area contributed by atoms with E-state index in [-0.39, 0.29) is 12.5 Å². The van der Waals surface area contributed by atoms with Crippen molar-refractivity contribution in [1.29, 1.82) is 0 Å². The van der Waals surface area contributed by atoms with Crippen molar-refractivity contribution in [3.05, 3.63) is 53.6 Å². The maximum atomic E-state index is 11.8. The molecule has 0 saturated heterocycles. The van der Waals surface area contributed by atoms with E-state index in [1.807, 2.05) is 43.3 Å². The van der Waals surface area contributed by atoms with Crippen LogP contribution in [0.25, 0.3) is 0 Å². The van der Waals surface area contributed by atoms with Gasteiger partial charge in [0, 0.05) is 0 Å². The number of amides is 1.